The third-order valence-electron chi connectivity index (χ3n) is 4.48. The van der Waals surface area contributed by atoms with Gasteiger partial charge in [0.2, 0.25) is 23.4 Å². The van der Waals surface area contributed by atoms with Crippen LogP contribution in [-0.4, -0.2) is 46.9 Å². The molecule has 1 aromatic heterocycles. The molecule has 1 aromatic carbocycles. The number of amides is 1. The Hall–Kier alpha value is -3.67. The van der Waals surface area contributed by atoms with Crippen molar-refractivity contribution < 1.29 is 14.1 Å². The van der Waals surface area contributed by atoms with Crippen LogP contribution in [-0.2, 0) is 4.79 Å². The van der Waals surface area contributed by atoms with Crippen LogP contribution in [0.1, 0.15) is 30.5 Å². The molecule has 9 heteroatoms. The number of aromatic nitrogens is 1. The maximum atomic E-state index is 11.8. The van der Waals surface area contributed by atoms with Gasteiger partial charge in [-0.25, -0.2) is 0 Å². The van der Waals surface area contributed by atoms with Crippen molar-refractivity contribution in [2.75, 3.05) is 31.1 Å². The Kier molecular flexibility index (Phi) is 5.69. The van der Waals surface area contributed by atoms with Crippen molar-refractivity contribution in [3.8, 4) is 6.07 Å². The summed E-state index contributed by atoms with van der Waals surface area (Å²) >= 11 is 0. The molecule has 0 aliphatic carbocycles. The van der Waals surface area contributed by atoms with Gasteiger partial charge in [-0.05, 0) is 23.8 Å². The summed E-state index contributed by atoms with van der Waals surface area (Å²) in [5.41, 5.74) is 0.956. The predicted molar refractivity (Wildman–Crippen MR) is 102 cm³/mol. The minimum atomic E-state index is -0.457. The van der Waals surface area contributed by atoms with Crippen molar-refractivity contribution in [1.82, 2.24) is 9.88 Å². The van der Waals surface area contributed by atoms with E-state index in [1.807, 2.05) is 17.9 Å². The number of nitro groups is 1. The average molecular weight is 381 g/mol. The van der Waals surface area contributed by atoms with Crippen molar-refractivity contribution in [3.05, 3.63) is 51.5 Å². The molecule has 1 saturated heterocycles. The average Bonchev–Trinajstić information content (AvgIpc) is 3.15. The first-order valence-corrected chi connectivity index (χ1v) is 8.88. The lowest BCUT2D eigenvalue weighted by Gasteiger charge is -2.34. The van der Waals surface area contributed by atoms with Gasteiger partial charge in [0.25, 0.3) is 5.69 Å². The fourth-order valence-electron chi connectivity index (χ4n) is 2.94. The number of anilines is 1. The Bertz CT molecular complexity index is 934. The number of rotatable bonds is 5. The van der Waals surface area contributed by atoms with E-state index in [4.69, 9.17) is 4.42 Å². The summed E-state index contributed by atoms with van der Waals surface area (Å²) < 4.78 is 5.74. The first-order valence-electron chi connectivity index (χ1n) is 8.88. The third-order valence-corrected chi connectivity index (χ3v) is 4.48. The Balaban J connectivity index is 1.71. The first kappa shape index (κ1) is 19.1. The van der Waals surface area contributed by atoms with Crippen LogP contribution >= 0.6 is 0 Å². The van der Waals surface area contributed by atoms with Gasteiger partial charge in [-0.2, -0.15) is 10.2 Å². The topological polar surface area (TPSA) is 117 Å². The van der Waals surface area contributed by atoms with Crippen LogP contribution in [0.2, 0.25) is 0 Å². The molecule has 1 aliphatic rings. The molecule has 0 radical (unpaired) electrons. The second-order valence-electron chi connectivity index (χ2n) is 6.22. The lowest BCUT2D eigenvalue weighted by Crippen LogP contribution is -2.48. The van der Waals surface area contributed by atoms with Gasteiger partial charge in [-0.3, -0.25) is 14.9 Å². The molecule has 3 rings (SSSR count). The molecule has 2 heterocycles. The normalized spacial score (nSPS) is 14.3. The van der Waals surface area contributed by atoms with E-state index in [0.29, 0.717) is 38.5 Å². The summed E-state index contributed by atoms with van der Waals surface area (Å²) in [6.07, 6.45) is 3.80. The lowest BCUT2D eigenvalue weighted by atomic mass is 10.2. The number of carbonyl (C=O) groups excluding carboxylic acids is 1. The van der Waals surface area contributed by atoms with E-state index in [9.17, 15) is 20.2 Å². The molecule has 28 heavy (non-hydrogen) atoms. The van der Waals surface area contributed by atoms with Crippen molar-refractivity contribution in [2.45, 2.75) is 13.3 Å². The van der Waals surface area contributed by atoms with Gasteiger partial charge in [-0.15, -0.1) is 0 Å². The third kappa shape index (κ3) is 4.17. The summed E-state index contributed by atoms with van der Waals surface area (Å²) in [6.45, 7) is 4.13. The minimum Gasteiger partial charge on any atom is -0.420 e. The van der Waals surface area contributed by atoms with E-state index in [0.717, 1.165) is 5.56 Å². The molecular weight excluding hydrogens is 362 g/mol. The number of carbonyl (C=O) groups is 1. The van der Waals surface area contributed by atoms with Crippen molar-refractivity contribution in [1.29, 1.82) is 5.26 Å². The second kappa shape index (κ2) is 8.35. The molecule has 0 atom stereocenters. The molecule has 0 spiro atoms. The first-order chi connectivity index (χ1) is 13.5. The largest absolute Gasteiger partial charge is 0.420 e. The van der Waals surface area contributed by atoms with Gasteiger partial charge in [0, 0.05) is 50.8 Å². The highest BCUT2D eigenvalue weighted by atomic mass is 16.6. The number of nitrogens with zero attached hydrogens (tertiary/aromatic N) is 5. The van der Waals surface area contributed by atoms with Crippen LogP contribution in [0.15, 0.2) is 28.7 Å². The Morgan fingerprint density at radius 1 is 1.29 bits per heavy atom. The Morgan fingerprint density at radius 2 is 1.96 bits per heavy atom. The van der Waals surface area contributed by atoms with Crippen molar-refractivity contribution in [3.63, 3.8) is 0 Å². The van der Waals surface area contributed by atoms with E-state index >= 15 is 0 Å². The minimum absolute atomic E-state index is 0.0167. The zero-order chi connectivity index (χ0) is 20.1. The van der Waals surface area contributed by atoms with Crippen LogP contribution in [0.25, 0.3) is 12.2 Å². The number of hydrogen-bond donors (Lipinski definition) is 0. The number of oxazole rings is 1. The van der Waals surface area contributed by atoms with Gasteiger partial charge >= 0.3 is 0 Å². The maximum Gasteiger partial charge on any atom is 0.269 e. The predicted octanol–water partition coefficient (Wildman–Crippen LogP) is 2.68. The molecule has 9 nitrogen and oxygen atoms in total. The van der Waals surface area contributed by atoms with Gasteiger partial charge in [0.05, 0.1) is 4.92 Å². The van der Waals surface area contributed by atoms with Crippen LogP contribution in [0.5, 0.6) is 0 Å². The van der Waals surface area contributed by atoms with E-state index < -0.39 is 4.92 Å². The molecule has 1 aliphatic heterocycles. The van der Waals surface area contributed by atoms with E-state index in [1.165, 1.54) is 12.1 Å². The van der Waals surface area contributed by atoms with E-state index in [1.54, 1.807) is 29.2 Å². The second-order valence-corrected chi connectivity index (χ2v) is 6.22. The van der Waals surface area contributed by atoms with Crippen LogP contribution in [0.3, 0.4) is 0 Å². The number of nitriles is 1. The summed E-state index contributed by atoms with van der Waals surface area (Å²) in [4.78, 5) is 29.9. The molecule has 1 fully saturated rings. The lowest BCUT2D eigenvalue weighted by molar-refractivity contribution is -0.384. The highest BCUT2D eigenvalue weighted by molar-refractivity contribution is 5.76. The Morgan fingerprint density at radius 3 is 2.54 bits per heavy atom. The van der Waals surface area contributed by atoms with Crippen molar-refractivity contribution in [2.24, 2.45) is 0 Å². The van der Waals surface area contributed by atoms with Crippen LogP contribution < -0.4 is 4.90 Å². The molecule has 0 N–H and O–H groups in total. The van der Waals surface area contributed by atoms with E-state index in [-0.39, 0.29) is 23.2 Å². The monoisotopic (exact) mass is 381 g/mol. The van der Waals surface area contributed by atoms with Crippen LogP contribution in [0, 0.1) is 21.4 Å². The standard InChI is InChI=1S/C19H19N5O4/c1-2-18(25)22-9-11-23(12-10-22)19-16(13-20)21-17(28-19)8-5-14-3-6-15(7-4-14)24(26)27/h3-8H,2,9-12H2,1H3/b8-5+. The Labute approximate surface area is 161 Å². The highest BCUT2D eigenvalue weighted by Crippen LogP contribution is 2.24. The number of non-ortho nitro benzene ring substituents is 1. The zero-order valence-corrected chi connectivity index (χ0v) is 15.4. The van der Waals surface area contributed by atoms with E-state index in [2.05, 4.69) is 4.98 Å². The van der Waals surface area contributed by atoms with Gasteiger partial charge in [0.15, 0.2) is 0 Å². The number of benzene rings is 1. The highest BCUT2D eigenvalue weighted by Gasteiger charge is 2.25. The molecule has 144 valence electrons. The number of hydrogen-bond acceptors (Lipinski definition) is 7. The number of piperazine rings is 1. The van der Waals surface area contributed by atoms with Gasteiger partial charge < -0.3 is 14.2 Å². The SMILES string of the molecule is CCC(=O)N1CCN(c2oc(/C=C/c3ccc([N+](=O)[O-])cc3)nc2C#N)CC1. The fourth-order valence-corrected chi connectivity index (χ4v) is 2.94. The molecule has 1 amide bonds. The molecule has 0 saturated carbocycles. The smallest absolute Gasteiger partial charge is 0.269 e. The summed E-state index contributed by atoms with van der Waals surface area (Å²) in [5.74, 6) is 0.788. The van der Waals surface area contributed by atoms with Crippen LogP contribution in [0.4, 0.5) is 11.6 Å². The molecule has 2 aromatic rings. The molecular formula is C19H19N5O4. The molecule has 0 bridgehead atoms. The quantitative estimate of drug-likeness (QED) is 0.577. The summed E-state index contributed by atoms with van der Waals surface area (Å²) in [7, 11) is 0. The summed E-state index contributed by atoms with van der Waals surface area (Å²) in [6, 6.07) is 8.11. The van der Waals surface area contributed by atoms with Gasteiger partial charge in [0.1, 0.15) is 6.07 Å². The number of nitro benzene ring substituents is 1. The fraction of sp³-hybridized carbons (Fsp3) is 0.316. The summed E-state index contributed by atoms with van der Waals surface area (Å²) in [5, 5.41) is 20.1. The molecule has 0 unspecified atom stereocenters. The zero-order valence-electron chi connectivity index (χ0n) is 15.4. The van der Waals surface area contributed by atoms with Crippen molar-refractivity contribution >= 4 is 29.6 Å². The van der Waals surface area contributed by atoms with Gasteiger partial charge in [-0.1, -0.05) is 6.92 Å². The maximum absolute atomic E-state index is 11.8.